The van der Waals surface area contributed by atoms with Crippen LogP contribution in [0.1, 0.15) is 48.9 Å². The monoisotopic (exact) mass is 343 g/mol. The molecule has 0 bridgehead atoms. The first-order valence-corrected chi connectivity index (χ1v) is 9.50. The molecule has 3 rings (SSSR count). The molecule has 5 nitrogen and oxygen atoms in total. The summed E-state index contributed by atoms with van der Waals surface area (Å²) in [4.78, 5) is 29.5. The third-order valence-electron chi connectivity index (χ3n) is 5.39. The van der Waals surface area contributed by atoms with E-state index in [1.807, 2.05) is 29.2 Å². The van der Waals surface area contributed by atoms with Crippen molar-refractivity contribution in [1.82, 2.24) is 9.80 Å². The summed E-state index contributed by atoms with van der Waals surface area (Å²) < 4.78 is 0. The van der Waals surface area contributed by atoms with Crippen molar-refractivity contribution in [2.45, 2.75) is 38.5 Å². The number of piperidine rings is 2. The van der Waals surface area contributed by atoms with Gasteiger partial charge in [0.25, 0.3) is 5.91 Å². The molecule has 0 aliphatic carbocycles. The first kappa shape index (κ1) is 17.9. The van der Waals surface area contributed by atoms with Gasteiger partial charge >= 0.3 is 0 Å². The van der Waals surface area contributed by atoms with Crippen LogP contribution in [-0.4, -0.2) is 54.8 Å². The molecule has 2 aliphatic heterocycles. The lowest BCUT2D eigenvalue weighted by Crippen LogP contribution is -2.36. The van der Waals surface area contributed by atoms with Crippen molar-refractivity contribution in [3.8, 4) is 0 Å². The van der Waals surface area contributed by atoms with Gasteiger partial charge in [0.05, 0.1) is 11.3 Å². The molecule has 2 aliphatic rings. The van der Waals surface area contributed by atoms with Gasteiger partial charge in [0, 0.05) is 19.5 Å². The number of hydrogen-bond acceptors (Lipinski definition) is 3. The molecule has 0 atom stereocenters. The topological polar surface area (TPSA) is 52.7 Å². The molecule has 0 unspecified atom stereocenters. The van der Waals surface area contributed by atoms with Crippen LogP contribution >= 0.6 is 0 Å². The van der Waals surface area contributed by atoms with Crippen molar-refractivity contribution in [2.75, 3.05) is 38.5 Å². The van der Waals surface area contributed by atoms with Gasteiger partial charge in [-0.2, -0.15) is 0 Å². The van der Waals surface area contributed by atoms with Crippen molar-refractivity contribution >= 4 is 17.5 Å². The van der Waals surface area contributed by atoms with Crippen molar-refractivity contribution < 1.29 is 9.59 Å². The van der Waals surface area contributed by atoms with E-state index >= 15 is 0 Å². The minimum absolute atomic E-state index is 0.0217. The third kappa shape index (κ3) is 4.82. The summed E-state index contributed by atoms with van der Waals surface area (Å²) in [5.74, 6) is 0.504. The van der Waals surface area contributed by atoms with E-state index in [9.17, 15) is 9.59 Å². The van der Waals surface area contributed by atoms with E-state index in [0.29, 0.717) is 23.6 Å². The zero-order valence-electron chi connectivity index (χ0n) is 15.2. The van der Waals surface area contributed by atoms with E-state index < -0.39 is 0 Å². The van der Waals surface area contributed by atoms with E-state index in [4.69, 9.17) is 0 Å². The molecule has 0 radical (unpaired) electrons. The highest BCUT2D eigenvalue weighted by Gasteiger charge is 2.23. The number of nitrogens with one attached hydrogen (secondary N) is 1. The van der Waals surface area contributed by atoms with Crippen molar-refractivity contribution in [3.05, 3.63) is 29.8 Å². The van der Waals surface area contributed by atoms with Gasteiger partial charge in [0.1, 0.15) is 0 Å². The number of rotatable bonds is 4. The average Bonchev–Trinajstić information content (AvgIpc) is 2.64. The van der Waals surface area contributed by atoms with Crippen LogP contribution in [0.4, 0.5) is 5.69 Å². The van der Waals surface area contributed by atoms with E-state index in [0.717, 1.165) is 51.9 Å². The second-order valence-corrected chi connectivity index (χ2v) is 7.40. The number of anilines is 1. The number of hydrogen-bond donors (Lipinski definition) is 1. The second-order valence-electron chi connectivity index (χ2n) is 7.40. The van der Waals surface area contributed by atoms with Gasteiger partial charge in [0.2, 0.25) is 5.91 Å². The highest BCUT2D eigenvalue weighted by atomic mass is 16.2. The van der Waals surface area contributed by atoms with Crippen LogP contribution < -0.4 is 5.32 Å². The van der Waals surface area contributed by atoms with Gasteiger partial charge in [-0.05, 0) is 70.3 Å². The molecular weight excluding hydrogens is 314 g/mol. The maximum absolute atomic E-state index is 12.8. The maximum Gasteiger partial charge on any atom is 0.255 e. The van der Waals surface area contributed by atoms with Crippen molar-refractivity contribution in [1.29, 1.82) is 0 Å². The number of carbonyl (C=O) groups is 2. The smallest absolute Gasteiger partial charge is 0.255 e. The molecule has 2 heterocycles. The normalized spacial score (nSPS) is 19.6. The minimum Gasteiger partial charge on any atom is -0.339 e. The molecule has 136 valence electrons. The predicted octanol–water partition coefficient (Wildman–Crippen LogP) is 2.98. The lowest BCUT2D eigenvalue weighted by molar-refractivity contribution is -0.117. The number of benzene rings is 1. The number of para-hydroxylation sites is 1. The fourth-order valence-electron chi connectivity index (χ4n) is 3.78. The zero-order chi connectivity index (χ0) is 17.6. The Kier molecular flexibility index (Phi) is 6.08. The summed E-state index contributed by atoms with van der Waals surface area (Å²) in [5, 5.41) is 2.99. The molecular formula is C20H29N3O2. The van der Waals surface area contributed by atoms with Gasteiger partial charge in [0.15, 0.2) is 0 Å². The van der Waals surface area contributed by atoms with Crippen molar-refractivity contribution in [2.24, 2.45) is 5.92 Å². The highest BCUT2D eigenvalue weighted by molar-refractivity contribution is 6.03. The number of carbonyl (C=O) groups excluding carboxylic acids is 2. The van der Waals surface area contributed by atoms with Gasteiger partial charge < -0.3 is 15.1 Å². The molecule has 5 heteroatoms. The van der Waals surface area contributed by atoms with Crippen LogP contribution in [0.15, 0.2) is 24.3 Å². The molecule has 2 saturated heterocycles. The zero-order valence-corrected chi connectivity index (χ0v) is 15.2. The first-order valence-electron chi connectivity index (χ1n) is 9.50. The van der Waals surface area contributed by atoms with E-state index in [1.54, 1.807) is 0 Å². The Labute approximate surface area is 150 Å². The van der Waals surface area contributed by atoms with E-state index in [2.05, 4.69) is 17.3 Å². The minimum atomic E-state index is 0.0217. The van der Waals surface area contributed by atoms with Gasteiger partial charge in [-0.3, -0.25) is 9.59 Å². The van der Waals surface area contributed by atoms with Gasteiger partial charge in [-0.1, -0.05) is 12.1 Å². The lowest BCUT2D eigenvalue weighted by Gasteiger charge is -2.29. The molecule has 1 aromatic rings. The van der Waals surface area contributed by atoms with Crippen LogP contribution in [0.3, 0.4) is 0 Å². The molecule has 1 aromatic carbocycles. The van der Waals surface area contributed by atoms with Gasteiger partial charge in [-0.15, -0.1) is 0 Å². The summed E-state index contributed by atoms with van der Waals surface area (Å²) in [6, 6.07) is 7.40. The Hall–Kier alpha value is -1.88. The SMILES string of the molecule is CN1CCC(CC(=O)Nc2ccccc2C(=O)N2CCCCC2)CC1. The molecule has 2 fully saturated rings. The Morgan fingerprint density at radius 2 is 1.72 bits per heavy atom. The van der Waals surface area contributed by atoms with Crippen LogP contribution in [-0.2, 0) is 4.79 Å². The summed E-state index contributed by atoms with van der Waals surface area (Å²) >= 11 is 0. The first-order chi connectivity index (χ1) is 12.1. The predicted molar refractivity (Wildman–Crippen MR) is 99.7 cm³/mol. The van der Waals surface area contributed by atoms with Crippen molar-refractivity contribution in [3.63, 3.8) is 0 Å². The molecule has 0 aromatic heterocycles. The summed E-state index contributed by atoms with van der Waals surface area (Å²) in [6.07, 6.45) is 6.00. The van der Waals surface area contributed by atoms with E-state index in [-0.39, 0.29) is 11.8 Å². The number of likely N-dealkylation sites (tertiary alicyclic amines) is 2. The quantitative estimate of drug-likeness (QED) is 0.914. The number of amides is 2. The summed E-state index contributed by atoms with van der Waals surface area (Å²) in [6.45, 7) is 3.75. The molecule has 1 N–H and O–H groups in total. The summed E-state index contributed by atoms with van der Waals surface area (Å²) in [5.41, 5.74) is 1.26. The van der Waals surface area contributed by atoms with Crippen LogP contribution in [0.5, 0.6) is 0 Å². The Bertz CT molecular complexity index is 603. The average molecular weight is 343 g/mol. The molecule has 0 spiro atoms. The highest BCUT2D eigenvalue weighted by Crippen LogP contribution is 2.23. The molecule has 25 heavy (non-hydrogen) atoms. The maximum atomic E-state index is 12.8. The van der Waals surface area contributed by atoms with Crippen LogP contribution in [0.2, 0.25) is 0 Å². The molecule has 2 amide bonds. The van der Waals surface area contributed by atoms with E-state index in [1.165, 1.54) is 6.42 Å². The Morgan fingerprint density at radius 1 is 1.04 bits per heavy atom. The third-order valence-corrected chi connectivity index (χ3v) is 5.39. The molecule has 0 saturated carbocycles. The van der Waals surface area contributed by atoms with Crippen LogP contribution in [0.25, 0.3) is 0 Å². The Balaban J connectivity index is 1.62. The fourth-order valence-corrected chi connectivity index (χ4v) is 3.78. The largest absolute Gasteiger partial charge is 0.339 e. The Morgan fingerprint density at radius 3 is 2.44 bits per heavy atom. The van der Waals surface area contributed by atoms with Crippen LogP contribution in [0, 0.1) is 5.92 Å². The number of nitrogens with zero attached hydrogens (tertiary/aromatic N) is 2. The van der Waals surface area contributed by atoms with Gasteiger partial charge in [-0.25, -0.2) is 0 Å². The second kappa shape index (κ2) is 8.48. The summed E-state index contributed by atoms with van der Waals surface area (Å²) in [7, 11) is 2.12. The lowest BCUT2D eigenvalue weighted by atomic mass is 9.93. The standard InChI is InChI=1S/C20H29N3O2/c1-22-13-9-16(10-14-22)15-19(24)21-18-8-4-3-7-17(18)20(25)23-11-5-2-6-12-23/h3-4,7-8,16H,2,5-6,9-15H2,1H3,(H,21,24). The fraction of sp³-hybridized carbons (Fsp3) is 0.600.